The van der Waals surface area contributed by atoms with Gasteiger partial charge in [0.25, 0.3) is 0 Å². The first-order valence-electron chi connectivity index (χ1n) is 15.0. The van der Waals surface area contributed by atoms with Crippen LogP contribution in [0.25, 0.3) is 22.3 Å². The van der Waals surface area contributed by atoms with E-state index in [1.165, 1.54) is 90.3 Å². The summed E-state index contributed by atoms with van der Waals surface area (Å²) in [5.74, 6) is 0.860. The number of rotatable bonds is 12. The average Bonchev–Trinajstić information content (AvgIpc) is 2.96. The second-order valence-electron chi connectivity index (χ2n) is 9.30. The predicted molar refractivity (Wildman–Crippen MR) is 165 cm³/mol. The second kappa shape index (κ2) is 18.9. The van der Waals surface area contributed by atoms with Gasteiger partial charge in [-0.3, -0.25) is 0 Å². The fraction of sp³-hybridized carbons (Fsp3) is 0.500. The third kappa shape index (κ3) is 9.96. The molecule has 3 aromatic rings. The summed E-state index contributed by atoms with van der Waals surface area (Å²) >= 11 is 0. The summed E-state index contributed by atoms with van der Waals surface area (Å²) in [5, 5.41) is 0. The van der Waals surface area contributed by atoms with Crippen molar-refractivity contribution in [2.75, 3.05) is 0 Å². The van der Waals surface area contributed by atoms with Crippen LogP contribution in [0.5, 0.6) is 0 Å². The van der Waals surface area contributed by atoms with Crippen molar-refractivity contribution < 1.29 is 0 Å². The van der Waals surface area contributed by atoms with Crippen LogP contribution in [0.3, 0.4) is 0 Å². The molecule has 0 saturated carbocycles. The summed E-state index contributed by atoms with van der Waals surface area (Å²) in [7, 11) is 0. The van der Waals surface area contributed by atoms with Crippen LogP contribution in [0.2, 0.25) is 0 Å². The minimum Gasteiger partial charge on any atom is -0.0683 e. The molecule has 0 aliphatic rings. The smallest absolute Gasteiger partial charge is 0.0152 e. The lowest BCUT2D eigenvalue weighted by molar-refractivity contribution is 0.456. The molecule has 0 amide bonds. The number of aryl methyl sites for hydroxylation is 3. The van der Waals surface area contributed by atoms with Gasteiger partial charge in [0.15, 0.2) is 0 Å². The Morgan fingerprint density at radius 3 is 1.61 bits per heavy atom. The summed E-state index contributed by atoms with van der Waals surface area (Å²) in [5.41, 5.74) is 9.71. The van der Waals surface area contributed by atoms with Gasteiger partial charge in [-0.1, -0.05) is 148 Å². The lowest BCUT2D eigenvalue weighted by atomic mass is 9.91. The third-order valence-electron chi connectivity index (χ3n) is 7.10. The molecule has 0 aliphatic carbocycles. The van der Waals surface area contributed by atoms with Gasteiger partial charge in [-0.25, -0.2) is 0 Å². The van der Waals surface area contributed by atoms with Crippen LogP contribution in [0.4, 0.5) is 0 Å². The molecule has 0 radical (unpaired) electrons. The highest BCUT2D eigenvalue weighted by Crippen LogP contribution is 2.30. The second-order valence-corrected chi connectivity index (χ2v) is 9.30. The molecule has 0 fully saturated rings. The standard InChI is InChI=1S/C32H42.2C2H6/c1-5-9-10-11-26-14-18-29(19-15-26)31-22-23-32(28(8-4)24-31)30-20-16-27(17-21-30)13-12-25(6-2)7-3;2*1-2/h14-25H,5-13H2,1-4H3;2*1-2H3. The van der Waals surface area contributed by atoms with E-state index in [1.54, 1.807) is 0 Å². The fourth-order valence-electron chi connectivity index (χ4n) is 4.71. The zero-order chi connectivity index (χ0) is 26.8. The van der Waals surface area contributed by atoms with Crippen LogP contribution in [0, 0.1) is 5.92 Å². The van der Waals surface area contributed by atoms with Crippen LogP contribution in [0.1, 0.15) is 111 Å². The van der Waals surface area contributed by atoms with Crippen molar-refractivity contribution in [2.45, 2.75) is 113 Å². The van der Waals surface area contributed by atoms with Crippen molar-refractivity contribution in [1.29, 1.82) is 0 Å². The number of hydrogen-bond donors (Lipinski definition) is 0. The molecule has 0 heteroatoms. The summed E-state index contributed by atoms with van der Waals surface area (Å²) in [6.45, 7) is 17.2. The quantitative estimate of drug-likeness (QED) is 0.223. The van der Waals surface area contributed by atoms with Crippen molar-refractivity contribution >= 4 is 0 Å². The van der Waals surface area contributed by atoms with E-state index >= 15 is 0 Å². The number of unbranched alkanes of at least 4 members (excludes halogenated alkanes) is 2. The number of benzene rings is 3. The highest BCUT2D eigenvalue weighted by atomic mass is 14.1. The molecule has 0 unspecified atom stereocenters. The zero-order valence-corrected chi connectivity index (χ0v) is 24.8. The highest BCUT2D eigenvalue weighted by Gasteiger charge is 2.08. The first-order valence-corrected chi connectivity index (χ1v) is 15.0. The molecule has 0 atom stereocenters. The molecule has 0 heterocycles. The Labute approximate surface area is 224 Å². The van der Waals surface area contributed by atoms with Gasteiger partial charge >= 0.3 is 0 Å². The van der Waals surface area contributed by atoms with Crippen molar-refractivity contribution in [3.63, 3.8) is 0 Å². The van der Waals surface area contributed by atoms with Gasteiger partial charge in [-0.2, -0.15) is 0 Å². The lowest BCUT2D eigenvalue weighted by Gasteiger charge is -2.14. The van der Waals surface area contributed by atoms with Gasteiger partial charge in [0.1, 0.15) is 0 Å². The molecule has 3 aromatic carbocycles. The summed E-state index contributed by atoms with van der Waals surface area (Å²) in [6, 6.07) is 25.5. The van der Waals surface area contributed by atoms with Gasteiger partial charge in [0.2, 0.25) is 0 Å². The Morgan fingerprint density at radius 1 is 0.556 bits per heavy atom. The Bertz CT molecular complexity index is 927. The van der Waals surface area contributed by atoms with Crippen LogP contribution < -0.4 is 0 Å². The van der Waals surface area contributed by atoms with Gasteiger partial charge in [0.05, 0.1) is 0 Å². The van der Waals surface area contributed by atoms with Crippen molar-refractivity contribution in [3.05, 3.63) is 83.4 Å². The van der Waals surface area contributed by atoms with Crippen LogP contribution in [-0.2, 0) is 19.3 Å². The van der Waals surface area contributed by atoms with E-state index in [-0.39, 0.29) is 0 Å². The predicted octanol–water partition coefficient (Wildman–Crippen LogP) is 11.7. The van der Waals surface area contributed by atoms with E-state index in [2.05, 4.69) is 94.4 Å². The molecular weight excluding hydrogens is 432 g/mol. The molecule has 3 rings (SSSR count). The molecular formula is C36H54. The maximum absolute atomic E-state index is 2.39. The summed E-state index contributed by atoms with van der Waals surface area (Å²) in [4.78, 5) is 0. The van der Waals surface area contributed by atoms with Crippen LogP contribution >= 0.6 is 0 Å². The molecule has 0 N–H and O–H groups in total. The number of hydrogen-bond acceptors (Lipinski definition) is 0. The largest absolute Gasteiger partial charge is 0.0683 e. The van der Waals surface area contributed by atoms with E-state index in [4.69, 9.17) is 0 Å². The van der Waals surface area contributed by atoms with Gasteiger partial charge < -0.3 is 0 Å². The molecule has 36 heavy (non-hydrogen) atoms. The van der Waals surface area contributed by atoms with Crippen molar-refractivity contribution in [3.8, 4) is 22.3 Å². The Hall–Kier alpha value is -2.34. The minimum atomic E-state index is 0.860. The van der Waals surface area contributed by atoms with E-state index in [1.807, 2.05) is 27.7 Å². The maximum Gasteiger partial charge on any atom is -0.0152 e. The SMILES string of the molecule is CC.CC.CCCCCc1ccc(-c2ccc(-c3ccc(CCC(CC)CC)cc3)c(CC)c2)cc1. The van der Waals surface area contributed by atoms with Crippen molar-refractivity contribution in [1.82, 2.24) is 0 Å². The van der Waals surface area contributed by atoms with Gasteiger partial charge in [0, 0.05) is 0 Å². The Kier molecular flexibility index (Phi) is 16.6. The maximum atomic E-state index is 2.39. The fourth-order valence-corrected chi connectivity index (χ4v) is 4.71. The first kappa shape index (κ1) is 31.7. The van der Waals surface area contributed by atoms with E-state index < -0.39 is 0 Å². The summed E-state index contributed by atoms with van der Waals surface area (Å²) < 4.78 is 0. The molecule has 0 aliphatic heterocycles. The monoisotopic (exact) mass is 486 g/mol. The normalized spacial score (nSPS) is 10.4. The van der Waals surface area contributed by atoms with E-state index in [0.717, 1.165) is 12.3 Å². The topological polar surface area (TPSA) is 0 Å². The zero-order valence-electron chi connectivity index (χ0n) is 24.8. The van der Waals surface area contributed by atoms with Crippen LogP contribution in [0.15, 0.2) is 66.7 Å². The molecule has 198 valence electrons. The van der Waals surface area contributed by atoms with Crippen molar-refractivity contribution in [2.24, 2.45) is 5.92 Å². The van der Waals surface area contributed by atoms with Gasteiger partial charge in [-0.05, 0) is 77.0 Å². The molecule has 0 bridgehead atoms. The van der Waals surface area contributed by atoms with E-state index in [0.29, 0.717) is 0 Å². The Balaban J connectivity index is 0.00000154. The highest BCUT2D eigenvalue weighted by molar-refractivity contribution is 5.74. The lowest BCUT2D eigenvalue weighted by Crippen LogP contribution is -1.99. The molecule has 0 spiro atoms. The molecule has 0 aromatic heterocycles. The van der Waals surface area contributed by atoms with E-state index in [9.17, 15) is 0 Å². The average molecular weight is 487 g/mol. The molecule has 0 nitrogen and oxygen atoms in total. The van der Waals surface area contributed by atoms with Gasteiger partial charge in [-0.15, -0.1) is 0 Å². The first-order chi connectivity index (χ1) is 17.7. The molecule has 0 saturated heterocycles. The van der Waals surface area contributed by atoms with Crippen LogP contribution in [-0.4, -0.2) is 0 Å². The Morgan fingerprint density at radius 2 is 1.08 bits per heavy atom. The minimum absolute atomic E-state index is 0.860. The third-order valence-corrected chi connectivity index (χ3v) is 7.10. The summed E-state index contributed by atoms with van der Waals surface area (Å²) in [6.07, 6.45) is 11.2.